The minimum absolute atomic E-state index is 0.193. The molecule has 3 heterocycles. The van der Waals surface area contributed by atoms with Crippen LogP contribution in [0.4, 0.5) is 0 Å². The van der Waals surface area contributed by atoms with Crippen LogP contribution < -0.4 is 4.90 Å². The van der Waals surface area contributed by atoms with Gasteiger partial charge in [-0.05, 0) is 32.8 Å². The lowest BCUT2D eigenvalue weighted by Gasteiger charge is -2.33. The number of nitrogens with one attached hydrogen (secondary N) is 1. The fraction of sp³-hybridized carbons (Fsp3) is 0.706. The zero-order valence-electron chi connectivity index (χ0n) is 14.6. The highest BCUT2D eigenvalue weighted by molar-refractivity contribution is 7.99. The van der Waals surface area contributed by atoms with Gasteiger partial charge in [-0.3, -0.25) is 4.79 Å². The first-order valence-electron chi connectivity index (χ1n) is 8.78. The Morgan fingerprint density at radius 3 is 2.67 bits per heavy atom. The quantitative estimate of drug-likeness (QED) is 0.602. The molecule has 0 unspecified atom stereocenters. The molecule has 2 aliphatic rings. The Labute approximate surface area is 148 Å². The molecule has 132 valence electrons. The van der Waals surface area contributed by atoms with Crippen LogP contribution in [0.3, 0.4) is 0 Å². The number of thioether (sulfide) groups is 1. The molecule has 2 saturated heterocycles. The number of aromatic nitrogens is 2. The summed E-state index contributed by atoms with van der Waals surface area (Å²) in [6.45, 7) is 9.65. The number of carbonyl (C=O) groups excluding carboxylic acids is 1. The highest BCUT2D eigenvalue weighted by Gasteiger charge is 2.27. The van der Waals surface area contributed by atoms with Gasteiger partial charge in [0.05, 0.1) is 31.9 Å². The second kappa shape index (κ2) is 8.27. The number of piperazine rings is 1. The number of carbonyl (C=O) groups is 1. The summed E-state index contributed by atoms with van der Waals surface area (Å²) < 4.78 is 5.72. The van der Waals surface area contributed by atoms with Gasteiger partial charge in [0.1, 0.15) is 12.6 Å². The van der Waals surface area contributed by atoms with Crippen LogP contribution >= 0.6 is 11.8 Å². The number of ether oxygens (including phenoxy) is 1. The van der Waals surface area contributed by atoms with E-state index in [9.17, 15) is 4.79 Å². The van der Waals surface area contributed by atoms with E-state index in [4.69, 9.17) is 4.74 Å². The van der Waals surface area contributed by atoms with Crippen molar-refractivity contribution in [2.24, 2.45) is 0 Å². The second-order valence-corrected chi connectivity index (χ2v) is 7.63. The molecular weight excluding hydrogens is 324 g/mol. The summed E-state index contributed by atoms with van der Waals surface area (Å²) >= 11 is 1.44. The smallest absolute Gasteiger partial charge is 0.233 e. The monoisotopic (exact) mass is 351 g/mol. The minimum atomic E-state index is 0.193. The van der Waals surface area contributed by atoms with Crippen LogP contribution in [-0.2, 0) is 9.53 Å². The molecule has 6 nitrogen and oxygen atoms in total. The molecule has 0 radical (unpaired) electrons. The third-order valence-corrected chi connectivity index (χ3v) is 5.48. The number of nitrogens with zero attached hydrogens (tertiary/aromatic N) is 3. The summed E-state index contributed by atoms with van der Waals surface area (Å²) in [5.41, 5.74) is 1.90. The molecule has 0 spiro atoms. The summed E-state index contributed by atoms with van der Waals surface area (Å²) in [5, 5.41) is 0.698. The summed E-state index contributed by atoms with van der Waals surface area (Å²) in [7, 11) is 0. The van der Waals surface area contributed by atoms with E-state index in [0.29, 0.717) is 17.0 Å². The molecular formula is C17H27N4O2S+. The van der Waals surface area contributed by atoms with Crippen molar-refractivity contribution in [2.45, 2.75) is 37.9 Å². The molecule has 24 heavy (non-hydrogen) atoms. The Hall–Kier alpha value is -1.18. The lowest BCUT2D eigenvalue weighted by molar-refractivity contribution is -0.906. The van der Waals surface area contributed by atoms with Crippen LogP contribution in [0, 0.1) is 13.8 Å². The van der Waals surface area contributed by atoms with Crippen molar-refractivity contribution in [2.75, 3.05) is 45.1 Å². The molecule has 1 N–H and O–H groups in total. The largest absolute Gasteiger partial charge is 0.372 e. The Kier molecular flexibility index (Phi) is 6.08. The first-order chi connectivity index (χ1) is 11.6. The number of hydrogen-bond donors (Lipinski definition) is 1. The average Bonchev–Trinajstić information content (AvgIpc) is 3.05. The van der Waals surface area contributed by atoms with E-state index in [1.54, 1.807) is 4.90 Å². The van der Waals surface area contributed by atoms with E-state index in [2.05, 4.69) is 9.97 Å². The molecule has 1 atom stereocenters. The maximum Gasteiger partial charge on any atom is 0.233 e. The number of amides is 1. The van der Waals surface area contributed by atoms with Gasteiger partial charge in [-0.2, -0.15) is 0 Å². The standard InChI is InChI=1S/C17H26N4O2S/c1-13-10-14(2)19-17(18-13)24-12-16(22)21-7-5-20(6-8-21)11-15-4-3-9-23-15/h10,15H,3-9,11-12H2,1-2H3/p+1/t15-/m0/s1. The van der Waals surface area contributed by atoms with Gasteiger partial charge in [0.15, 0.2) is 5.16 Å². The normalized spacial score (nSPS) is 22.1. The van der Waals surface area contributed by atoms with Gasteiger partial charge in [0.2, 0.25) is 5.91 Å². The fourth-order valence-corrected chi connectivity index (χ4v) is 4.23. The Bertz CT molecular complexity index is 549. The third kappa shape index (κ3) is 4.91. The molecule has 2 fully saturated rings. The van der Waals surface area contributed by atoms with E-state index in [0.717, 1.165) is 50.7 Å². The van der Waals surface area contributed by atoms with Crippen LogP contribution in [0.1, 0.15) is 24.2 Å². The lowest BCUT2D eigenvalue weighted by atomic mass is 10.2. The van der Waals surface area contributed by atoms with Gasteiger partial charge >= 0.3 is 0 Å². The van der Waals surface area contributed by atoms with E-state index in [1.807, 2.05) is 24.8 Å². The van der Waals surface area contributed by atoms with Crippen molar-refractivity contribution < 1.29 is 14.4 Å². The fourth-order valence-electron chi connectivity index (χ4n) is 3.38. The predicted molar refractivity (Wildman–Crippen MR) is 93.3 cm³/mol. The summed E-state index contributed by atoms with van der Waals surface area (Å²) in [6, 6.07) is 1.95. The van der Waals surface area contributed by atoms with Crippen LogP contribution in [0.15, 0.2) is 11.2 Å². The summed E-state index contributed by atoms with van der Waals surface area (Å²) in [5.74, 6) is 0.614. The summed E-state index contributed by atoms with van der Waals surface area (Å²) in [4.78, 5) is 24.7. The minimum Gasteiger partial charge on any atom is -0.372 e. The van der Waals surface area contributed by atoms with E-state index in [1.165, 1.54) is 24.6 Å². The van der Waals surface area contributed by atoms with Crippen molar-refractivity contribution in [3.8, 4) is 0 Å². The van der Waals surface area contributed by atoms with Crippen LogP contribution in [0.5, 0.6) is 0 Å². The molecule has 0 aliphatic carbocycles. The topological polar surface area (TPSA) is 59.8 Å². The number of quaternary nitrogens is 1. The maximum atomic E-state index is 12.4. The molecule has 7 heteroatoms. The number of rotatable bonds is 5. The Morgan fingerprint density at radius 2 is 2.04 bits per heavy atom. The van der Waals surface area contributed by atoms with Crippen LogP contribution in [-0.4, -0.2) is 72.0 Å². The molecule has 0 saturated carbocycles. The Balaban J connectivity index is 1.41. The lowest BCUT2D eigenvalue weighted by Crippen LogP contribution is -3.15. The molecule has 2 aliphatic heterocycles. The van der Waals surface area contributed by atoms with Gasteiger partial charge in [-0.15, -0.1) is 0 Å². The van der Waals surface area contributed by atoms with Gasteiger partial charge in [0, 0.05) is 18.0 Å². The third-order valence-electron chi connectivity index (χ3n) is 4.65. The van der Waals surface area contributed by atoms with Gasteiger partial charge in [-0.1, -0.05) is 11.8 Å². The van der Waals surface area contributed by atoms with Crippen molar-refractivity contribution in [1.82, 2.24) is 14.9 Å². The van der Waals surface area contributed by atoms with Crippen molar-refractivity contribution >= 4 is 17.7 Å². The van der Waals surface area contributed by atoms with Crippen molar-refractivity contribution in [3.63, 3.8) is 0 Å². The molecule has 1 amide bonds. The molecule has 3 rings (SSSR count). The zero-order valence-corrected chi connectivity index (χ0v) is 15.4. The molecule has 0 aromatic carbocycles. The van der Waals surface area contributed by atoms with E-state index in [-0.39, 0.29) is 5.91 Å². The Morgan fingerprint density at radius 1 is 1.33 bits per heavy atom. The van der Waals surface area contributed by atoms with Crippen molar-refractivity contribution in [1.29, 1.82) is 0 Å². The molecule has 0 bridgehead atoms. The molecule has 1 aromatic rings. The summed E-state index contributed by atoms with van der Waals surface area (Å²) in [6.07, 6.45) is 2.82. The van der Waals surface area contributed by atoms with Crippen LogP contribution in [0.2, 0.25) is 0 Å². The average molecular weight is 351 g/mol. The van der Waals surface area contributed by atoms with Crippen LogP contribution in [0.25, 0.3) is 0 Å². The zero-order chi connectivity index (χ0) is 16.9. The first-order valence-corrected chi connectivity index (χ1v) is 9.77. The SMILES string of the molecule is Cc1cc(C)nc(SCC(=O)N2CC[NH+](C[C@@H]3CCCO3)CC2)n1. The van der Waals surface area contributed by atoms with Gasteiger partial charge < -0.3 is 14.5 Å². The maximum absolute atomic E-state index is 12.4. The van der Waals surface area contributed by atoms with E-state index < -0.39 is 0 Å². The van der Waals surface area contributed by atoms with E-state index >= 15 is 0 Å². The second-order valence-electron chi connectivity index (χ2n) is 6.69. The highest BCUT2D eigenvalue weighted by atomic mass is 32.2. The predicted octanol–water partition coefficient (Wildman–Crippen LogP) is 0.0916. The van der Waals surface area contributed by atoms with Gasteiger partial charge in [-0.25, -0.2) is 9.97 Å². The van der Waals surface area contributed by atoms with Crippen molar-refractivity contribution in [3.05, 3.63) is 17.5 Å². The first kappa shape index (κ1) is 17.6. The molecule has 1 aromatic heterocycles. The number of hydrogen-bond acceptors (Lipinski definition) is 5. The number of aryl methyl sites for hydroxylation is 2. The highest BCUT2D eigenvalue weighted by Crippen LogP contribution is 2.15. The van der Waals surface area contributed by atoms with Gasteiger partial charge in [0.25, 0.3) is 0 Å².